The molecule has 1 amide bonds. The van der Waals surface area contributed by atoms with Crippen LogP contribution in [0.25, 0.3) is 0 Å². The number of nitriles is 1. The molecule has 0 fully saturated rings. The number of carbonyl (C=O) groups excluding carboxylic acids is 1. The molecular formula is C9H15ClN2O. The standard InChI is InChI=1S/C9H15ClN2O/c1-6(2)9(4,5-11)12-8(13)7(3)10/h6-7H,1-4H3,(H,12,13)/t7-,9-/m1/s1. The molecule has 0 aliphatic heterocycles. The molecule has 13 heavy (non-hydrogen) atoms. The first-order chi connectivity index (χ1) is 5.83. The average Bonchev–Trinajstić information content (AvgIpc) is 2.03. The molecule has 1 N–H and O–H groups in total. The summed E-state index contributed by atoms with van der Waals surface area (Å²) >= 11 is 5.57. The molecule has 0 rings (SSSR count). The van der Waals surface area contributed by atoms with E-state index in [-0.39, 0.29) is 11.8 Å². The lowest BCUT2D eigenvalue weighted by atomic mass is 9.90. The van der Waals surface area contributed by atoms with Crippen LogP contribution >= 0.6 is 11.6 Å². The second-order valence-corrected chi connectivity index (χ2v) is 4.23. The Morgan fingerprint density at radius 3 is 2.23 bits per heavy atom. The summed E-state index contributed by atoms with van der Waals surface area (Å²) in [7, 11) is 0. The van der Waals surface area contributed by atoms with E-state index in [1.807, 2.05) is 13.8 Å². The van der Waals surface area contributed by atoms with Gasteiger partial charge in [-0.1, -0.05) is 13.8 Å². The van der Waals surface area contributed by atoms with Crippen molar-refractivity contribution in [1.29, 1.82) is 5.26 Å². The minimum atomic E-state index is -0.833. The smallest absolute Gasteiger partial charge is 0.239 e. The van der Waals surface area contributed by atoms with Crippen LogP contribution in [0.4, 0.5) is 0 Å². The summed E-state index contributed by atoms with van der Waals surface area (Å²) in [5.41, 5.74) is -0.833. The highest BCUT2D eigenvalue weighted by Crippen LogP contribution is 2.15. The first kappa shape index (κ1) is 12.2. The molecule has 0 aliphatic carbocycles. The van der Waals surface area contributed by atoms with Crippen LogP contribution in [0.1, 0.15) is 27.7 Å². The monoisotopic (exact) mass is 202 g/mol. The van der Waals surface area contributed by atoms with Crippen molar-refractivity contribution in [2.75, 3.05) is 0 Å². The Kier molecular flexibility index (Phi) is 4.22. The Hall–Kier alpha value is -0.750. The Labute approximate surface area is 84.1 Å². The number of nitrogens with zero attached hydrogens (tertiary/aromatic N) is 1. The lowest BCUT2D eigenvalue weighted by Crippen LogP contribution is -2.50. The molecule has 0 aromatic carbocycles. The number of amides is 1. The summed E-state index contributed by atoms with van der Waals surface area (Å²) in [6.45, 7) is 7.02. The predicted molar refractivity (Wildman–Crippen MR) is 52.3 cm³/mol. The maximum absolute atomic E-state index is 11.2. The highest BCUT2D eigenvalue weighted by Gasteiger charge is 2.30. The molecule has 0 aromatic heterocycles. The lowest BCUT2D eigenvalue weighted by Gasteiger charge is -2.27. The van der Waals surface area contributed by atoms with Gasteiger partial charge in [0.25, 0.3) is 0 Å². The summed E-state index contributed by atoms with van der Waals surface area (Å²) in [6.07, 6.45) is 0. The fourth-order valence-electron chi connectivity index (χ4n) is 0.657. The van der Waals surface area contributed by atoms with Crippen molar-refractivity contribution in [2.24, 2.45) is 5.92 Å². The second kappa shape index (κ2) is 4.48. The molecule has 0 bridgehead atoms. The summed E-state index contributed by atoms with van der Waals surface area (Å²) in [5, 5.41) is 10.9. The van der Waals surface area contributed by atoms with Gasteiger partial charge in [0.1, 0.15) is 10.9 Å². The second-order valence-electron chi connectivity index (χ2n) is 3.57. The van der Waals surface area contributed by atoms with Crippen LogP contribution < -0.4 is 5.32 Å². The molecule has 0 spiro atoms. The number of nitrogens with one attached hydrogen (secondary N) is 1. The molecular weight excluding hydrogens is 188 g/mol. The van der Waals surface area contributed by atoms with Crippen molar-refractivity contribution in [3.05, 3.63) is 0 Å². The quantitative estimate of drug-likeness (QED) is 0.708. The molecule has 0 heterocycles. The molecule has 3 nitrogen and oxygen atoms in total. The number of hydrogen-bond acceptors (Lipinski definition) is 2. The Morgan fingerprint density at radius 2 is 2.00 bits per heavy atom. The maximum Gasteiger partial charge on any atom is 0.239 e. The highest BCUT2D eigenvalue weighted by atomic mass is 35.5. The summed E-state index contributed by atoms with van der Waals surface area (Å²) in [6, 6.07) is 2.07. The third-order valence-corrected chi connectivity index (χ3v) is 2.33. The molecule has 0 saturated heterocycles. The van der Waals surface area contributed by atoms with Crippen molar-refractivity contribution >= 4 is 17.5 Å². The van der Waals surface area contributed by atoms with Crippen LogP contribution in [0.2, 0.25) is 0 Å². The summed E-state index contributed by atoms with van der Waals surface area (Å²) < 4.78 is 0. The van der Waals surface area contributed by atoms with Gasteiger partial charge in [0.05, 0.1) is 6.07 Å². The molecule has 4 heteroatoms. The van der Waals surface area contributed by atoms with Crippen molar-refractivity contribution < 1.29 is 4.79 Å². The number of carbonyl (C=O) groups is 1. The normalized spacial score (nSPS) is 17.3. The fourth-order valence-corrected chi connectivity index (χ4v) is 0.711. The van der Waals surface area contributed by atoms with Crippen molar-refractivity contribution in [3.8, 4) is 6.07 Å². The Bertz CT molecular complexity index is 232. The summed E-state index contributed by atoms with van der Waals surface area (Å²) in [4.78, 5) is 11.2. The van der Waals surface area contributed by atoms with Gasteiger partial charge in [-0.05, 0) is 19.8 Å². The molecule has 0 radical (unpaired) electrons. The van der Waals surface area contributed by atoms with Gasteiger partial charge in [0.15, 0.2) is 0 Å². The minimum absolute atomic E-state index is 0.0527. The van der Waals surface area contributed by atoms with Gasteiger partial charge in [-0.3, -0.25) is 4.79 Å². The van der Waals surface area contributed by atoms with Crippen molar-refractivity contribution in [1.82, 2.24) is 5.32 Å². The molecule has 74 valence electrons. The van der Waals surface area contributed by atoms with Gasteiger partial charge in [0.2, 0.25) is 5.91 Å². The van der Waals surface area contributed by atoms with E-state index in [0.717, 1.165) is 0 Å². The highest BCUT2D eigenvalue weighted by molar-refractivity contribution is 6.30. The molecule has 0 saturated carbocycles. The Morgan fingerprint density at radius 1 is 1.54 bits per heavy atom. The van der Waals surface area contributed by atoms with E-state index in [4.69, 9.17) is 16.9 Å². The van der Waals surface area contributed by atoms with E-state index in [1.165, 1.54) is 0 Å². The summed E-state index contributed by atoms with van der Waals surface area (Å²) in [5.74, 6) is -0.253. The number of hydrogen-bond donors (Lipinski definition) is 1. The van der Waals surface area contributed by atoms with Gasteiger partial charge < -0.3 is 5.32 Å². The first-order valence-electron chi connectivity index (χ1n) is 4.21. The SMILES string of the molecule is CC(C)[C@@](C)(C#N)NC(=O)[C@@H](C)Cl. The van der Waals surface area contributed by atoms with E-state index in [2.05, 4.69) is 11.4 Å². The topological polar surface area (TPSA) is 52.9 Å². The van der Waals surface area contributed by atoms with Gasteiger partial charge >= 0.3 is 0 Å². The van der Waals surface area contributed by atoms with Crippen LogP contribution in [0.3, 0.4) is 0 Å². The van der Waals surface area contributed by atoms with E-state index < -0.39 is 10.9 Å². The van der Waals surface area contributed by atoms with E-state index in [0.29, 0.717) is 0 Å². The predicted octanol–water partition coefficient (Wildman–Crippen LogP) is 1.67. The zero-order valence-electron chi connectivity index (χ0n) is 8.39. The number of halogens is 1. The minimum Gasteiger partial charge on any atom is -0.337 e. The van der Waals surface area contributed by atoms with E-state index >= 15 is 0 Å². The fraction of sp³-hybridized carbons (Fsp3) is 0.778. The zero-order valence-corrected chi connectivity index (χ0v) is 9.14. The van der Waals surface area contributed by atoms with Crippen LogP contribution in [-0.2, 0) is 4.79 Å². The molecule has 0 aliphatic rings. The average molecular weight is 203 g/mol. The lowest BCUT2D eigenvalue weighted by molar-refractivity contribution is -0.122. The maximum atomic E-state index is 11.2. The Balaban J connectivity index is 4.48. The van der Waals surface area contributed by atoms with Crippen molar-refractivity contribution in [2.45, 2.75) is 38.6 Å². The van der Waals surface area contributed by atoms with Crippen LogP contribution in [0, 0.1) is 17.2 Å². The largest absolute Gasteiger partial charge is 0.337 e. The van der Waals surface area contributed by atoms with Crippen molar-refractivity contribution in [3.63, 3.8) is 0 Å². The first-order valence-corrected chi connectivity index (χ1v) is 4.64. The van der Waals surface area contributed by atoms with Gasteiger partial charge in [-0.25, -0.2) is 0 Å². The van der Waals surface area contributed by atoms with Gasteiger partial charge in [-0.15, -0.1) is 11.6 Å². The van der Waals surface area contributed by atoms with Gasteiger partial charge in [-0.2, -0.15) is 5.26 Å². The molecule has 2 atom stereocenters. The van der Waals surface area contributed by atoms with E-state index in [9.17, 15) is 4.79 Å². The number of alkyl halides is 1. The van der Waals surface area contributed by atoms with Crippen LogP contribution in [0.15, 0.2) is 0 Å². The molecule has 0 unspecified atom stereocenters. The van der Waals surface area contributed by atoms with Crippen LogP contribution in [-0.4, -0.2) is 16.8 Å². The van der Waals surface area contributed by atoms with Gasteiger partial charge in [0, 0.05) is 0 Å². The third-order valence-electron chi connectivity index (χ3n) is 2.13. The number of rotatable bonds is 3. The molecule has 0 aromatic rings. The zero-order chi connectivity index (χ0) is 10.6. The van der Waals surface area contributed by atoms with Crippen LogP contribution in [0.5, 0.6) is 0 Å². The van der Waals surface area contributed by atoms with E-state index in [1.54, 1.807) is 13.8 Å². The third kappa shape index (κ3) is 3.23.